The number of alkyl halides is 2. The van der Waals surface area contributed by atoms with Gasteiger partial charge in [-0.1, -0.05) is 18.2 Å². The number of anilines is 1. The number of aryl methyl sites for hydroxylation is 1. The van der Waals surface area contributed by atoms with E-state index in [0.29, 0.717) is 30.8 Å². The van der Waals surface area contributed by atoms with Gasteiger partial charge in [-0.05, 0) is 73.3 Å². The van der Waals surface area contributed by atoms with Gasteiger partial charge in [-0.2, -0.15) is 5.10 Å². The molecule has 1 unspecified atom stereocenters. The molecule has 0 aliphatic carbocycles. The molecule has 3 N–H and O–H groups in total. The highest BCUT2D eigenvalue weighted by Crippen LogP contribution is 2.30. The molecule has 0 spiro atoms. The number of nitrogens with zero attached hydrogens (tertiary/aromatic N) is 5. The SMILES string of the molecule is O=C1CCC(N2C(=O)c3ccc(CCCNCc4ccc(-n5cc(NC(=O)c6coc(-c7ccncc7)n6)c(C(F)F)n5)cc4)cc3C2=O)C(=O)N1. The normalized spacial score (nSPS) is 15.7. The largest absolute Gasteiger partial charge is 0.444 e. The van der Waals surface area contributed by atoms with E-state index >= 15 is 0 Å². The maximum atomic E-state index is 13.9. The van der Waals surface area contributed by atoms with Crippen molar-refractivity contribution in [2.45, 2.75) is 44.7 Å². The van der Waals surface area contributed by atoms with E-state index in [1.807, 2.05) is 12.1 Å². The number of halogens is 2. The summed E-state index contributed by atoms with van der Waals surface area (Å²) in [5.41, 5.74) is 2.55. The highest BCUT2D eigenvalue weighted by Gasteiger charge is 2.44. The highest BCUT2D eigenvalue weighted by molar-refractivity contribution is 6.23. The molecule has 5 aromatic rings. The number of hydrogen-bond acceptors (Lipinski definition) is 10. The van der Waals surface area contributed by atoms with E-state index in [4.69, 9.17) is 4.42 Å². The number of imide groups is 2. The standard InChI is InChI=1S/C36H30F2N8O6/c37-31(38)30-26(41-32(48)27-19-52-34(42-27)22-11-14-39-15-12-22)18-45(44-30)23-6-3-21(4-7-23)17-40-13-1-2-20-5-8-24-25(16-20)36(51)46(35(24)50)28-9-10-29(47)43-33(28)49/h3-8,11-12,14-16,18-19,28,31,40H,1-2,9-10,13,17H2,(H,41,48)(H,43,47,49). The van der Waals surface area contributed by atoms with Crippen LogP contribution >= 0.6 is 0 Å². The Kier molecular flexibility index (Phi) is 9.45. The van der Waals surface area contributed by atoms with Crippen LogP contribution in [0.2, 0.25) is 0 Å². The van der Waals surface area contributed by atoms with Gasteiger partial charge in [-0.25, -0.2) is 18.4 Å². The molecule has 5 amide bonds. The van der Waals surface area contributed by atoms with Gasteiger partial charge < -0.3 is 15.1 Å². The summed E-state index contributed by atoms with van der Waals surface area (Å²) in [5.74, 6) is -2.70. The average molecular weight is 709 g/mol. The van der Waals surface area contributed by atoms with Crippen LogP contribution in [0.25, 0.3) is 17.1 Å². The number of oxazole rings is 1. The summed E-state index contributed by atoms with van der Waals surface area (Å²) in [4.78, 5) is 71.7. The summed E-state index contributed by atoms with van der Waals surface area (Å²) in [6, 6.07) is 14.5. The molecule has 16 heteroatoms. The first kappa shape index (κ1) is 34.0. The van der Waals surface area contributed by atoms with Gasteiger partial charge >= 0.3 is 0 Å². The van der Waals surface area contributed by atoms with E-state index in [1.54, 1.807) is 54.9 Å². The van der Waals surface area contributed by atoms with E-state index in [9.17, 15) is 32.8 Å². The molecular weight excluding hydrogens is 678 g/mol. The minimum atomic E-state index is -2.95. The van der Waals surface area contributed by atoms with E-state index in [0.717, 1.165) is 28.7 Å². The fraction of sp³-hybridized carbons (Fsp3) is 0.222. The number of carbonyl (C=O) groups is 5. The summed E-state index contributed by atoms with van der Waals surface area (Å²) >= 11 is 0. The Morgan fingerprint density at radius 1 is 0.981 bits per heavy atom. The molecule has 52 heavy (non-hydrogen) atoms. The molecule has 14 nitrogen and oxygen atoms in total. The van der Waals surface area contributed by atoms with Crippen molar-refractivity contribution in [2.24, 2.45) is 0 Å². The van der Waals surface area contributed by atoms with E-state index in [-0.39, 0.29) is 41.2 Å². The number of fused-ring (bicyclic) bond motifs is 1. The number of nitrogens with one attached hydrogen (secondary N) is 3. The first-order chi connectivity index (χ1) is 25.2. The second-order valence-corrected chi connectivity index (χ2v) is 12.2. The van der Waals surface area contributed by atoms with Crippen molar-refractivity contribution in [3.8, 4) is 17.1 Å². The highest BCUT2D eigenvalue weighted by atomic mass is 19.3. The first-order valence-electron chi connectivity index (χ1n) is 16.4. The van der Waals surface area contributed by atoms with Crippen LogP contribution in [-0.2, 0) is 22.6 Å². The molecule has 2 aromatic carbocycles. The van der Waals surface area contributed by atoms with Gasteiger partial charge in [0.1, 0.15) is 12.3 Å². The molecule has 1 fully saturated rings. The smallest absolute Gasteiger partial charge is 0.284 e. The van der Waals surface area contributed by atoms with Crippen LogP contribution in [0, 0.1) is 0 Å². The Morgan fingerprint density at radius 2 is 1.73 bits per heavy atom. The summed E-state index contributed by atoms with van der Waals surface area (Å²) in [5, 5.41) is 12.0. The Labute approximate surface area is 294 Å². The minimum Gasteiger partial charge on any atom is -0.444 e. The lowest BCUT2D eigenvalue weighted by Crippen LogP contribution is -2.54. The Hall–Kier alpha value is -6.42. The van der Waals surface area contributed by atoms with Crippen molar-refractivity contribution in [1.82, 2.24) is 35.3 Å². The minimum absolute atomic E-state index is 0.0579. The molecular formula is C36H30F2N8O6. The monoisotopic (exact) mass is 708 g/mol. The molecule has 1 atom stereocenters. The molecule has 0 radical (unpaired) electrons. The van der Waals surface area contributed by atoms with Crippen LogP contribution < -0.4 is 16.0 Å². The Balaban J connectivity index is 0.911. The third kappa shape index (κ3) is 6.96. The van der Waals surface area contributed by atoms with Crippen molar-refractivity contribution in [2.75, 3.05) is 11.9 Å². The topological polar surface area (TPSA) is 181 Å². The lowest BCUT2D eigenvalue weighted by molar-refractivity contribution is -0.136. The maximum Gasteiger partial charge on any atom is 0.284 e. The average Bonchev–Trinajstić information content (AvgIpc) is 3.87. The van der Waals surface area contributed by atoms with Gasteiger partial charge in [-0.15, -0.1) is 0 Å². The number of rotatable bonds is 12. The zero-order chi connectivity index (χ0) is 36.4. The molecule has 2 aliphatic heterocycles. The quantitative estimate of drug-likeness (QED) is 0.125. The predicted molar refractivity (Wildman–Crippen MR) is 179 cm³/mol. The van der Waals surface area contributed by atoms with Crippen LogP contribution in [0.5, 0.6) is 0 Å². The molecule has 3 aromatic heterocycles. The molecule has 0 saturated carbocycles. The maximum absolute atomic E-state index is 13.9. The lowest BCUT2D eigenvalue weighted by Gasteiger charge is -2.27. The number of carbonyl (C=O) groups excluding carboxylic acids is 5. The summed E-state index contributed by atoms with van der Waals surface area (Å²) in [7, 11) is 0. The van der Waals surface area contributed by atoms with Crippen molar-refractivity contribution < 1.29 is 37.2 Å². The van der Waals surface area contributed by atoms with E-state index in [1.165, 1.54) is 10.9 Å². The molecule has 264 valence electrons. The number of pyridine rings is 1. The molecule has 7 rings (SSSR count). The third-order valence-electron chi connectivity index (χ3n) is 8.71. The second kappa shape index (κ2) is 14.4. The van der Waals surface area contributed by atoms with Crippen LogP contribution in [0.4, 0.5) is 14.5 Å². The van der Waals surface area contributed by atoms with Crippen LogP contribution in [0.3, 0.4) is 0 Å². The van der Waals surface area contributed by atoms with Gasteiger partial charge in [0, 0.05) is 30.9 Å². The number of hydrogen-bond donors (Lipinski definition) is 3. The lowest BCUT2D eigenvalue weighted by atomic mass is 10.0. The Morgan fingerprint density at radius 3 is 2.48 bits per heavy atom. The Bertz CT molecular complexity index is 2180. The number of amides is 5. The predicted octanol–water partition coefficient (Wildman–Crippen LogP) is 4.24. The summed E-state index contributed by atoms with van der Waals surface area (Å²) in [6.07, 6.45) is 4.11. The van der Waals surface area contributed by atoms with Crippen molar-refractivity contribution >= 4 is 35.2 Å². The first-order valence-corrected chi connectivity index (χ1v) is 16.4. The molecule has 5 heterocycles. The van der Waals surface area contributed by atoms with Gasteiger partial charge in [0.2, 0.25) is 17.7 Å². The fourth-order valence-corrected chi connectivity index (χ4v) is 6.06. The van der Waals surface area contributed by atoms with Gasteiger partial charge in [0.15, 0.2) is 11.4 Å². The zero-order valence-electron chi connectivity index (χ0n) is 27.3. The molecule has 1 saturated heterocycles. The van der Waals surface area contributed by atoms with Gasteiger partial charge in [-0.3, -0.25) is 39.2 Å². The second-order valence-electron chi connectivity index (χ2n) is 12.2. The fourth-order valence-electron chi connectivity index (χ4n) is 6.06. The van der Waals surface area contributed by atoms with Crippen LogP contribution in [-0.4, -0.2) is 66.8 Å². The van der Waals surface area contributed by atoms with E-state index < -0.39 is 47.7 Å². The van der Waals surface area contributed by atoms with Gasteiger partial charge in [0.05, 0.1) is 28.7 Å². The third-order valence-corrected chi connectivity index (χ3v) is 8.71. The van der Waals surface area contributed by atoms with Crippen LogP contribution in [0.15, 0.2) is 83.9 Å². The zero-order valence-corrected chi connectivity index (χ0v) is 27.3. The van der Waals surface area contributed by atoms with E-state index in [2.05, 4.69) is 31.0 Å². The van der Waals surface area contributed by atoms with Crippen molar-refractivity contribution in [3.05, 3.63) is 113 Å². The molecule has 2 aliphatic rings. The summed E-state index contributed by atoms with van der Waals surface area (Å²) < 4.78 is 34.4. The van der Waals surface area contributed by atoms with Crippen molar-refractivity contribution in [1.29, 1.82) is 0 Å². The number of aromatic nitrogens is 4. The van der Waals surface area contributed by atoms with Crippen LogP contribution in [0.1, 0.15) is 73.7 Å². The number of piperidine rings is 1. The summed E-state index contributed by atoms with van der Waals surface area (Å²) in [6.45, 7) is 1.17. The number of benzene rings is 2. The molecule has 0 bridgehead atoms. The van der Waals surface area contributed by atoms with Crippen molar-refractivity contribution in [3.63, 3.8) is 0 Å². The van der Waals surface area contributed by atoms with Gasteiger partial charge in [0.25, 0.3) is 24.1 Å².